The van der Waals surface area contributed by atoms with Crippen LogP contribution in [-0.4, -0.2) is 23.2 Å². The molecule has 1 N–H and O–H groups in total. The number of hydrogen-bond acceptors (Lipinski definition) is 4. The summed E-state index contributed by atoms with van der Waals surface area (Å²) in [7, 11) is 0. The van der Waals surface area contributed by atoms with Crippen molar-refractivity contribution < 1.29 is 5.11 Å². The van der Waals surface area contributed by atoms with E-state index in [2.05, 4.69) is 22.0 Å². The lowest BCUT2D eigenvalue weighted by Crippen LogP contribution is -2.29. The Morgan fingerprint density at radius 1 is 1.19 bits per heavy atom. The number of aromatic nitrogens is 1. The molecular formula is C16H19ClN2OS. The van der Waals surface area contributed by atoms with Crippen LogP contribution in [0.2, 0.25) is 4.47 Å². The highest BCUT2D eigenvalue weighted by atomic mass is 35.5. The summed E-state index contributed by atoms with van der Waals surface area (Å²) < 4.78 is 0.454. The second-order valence-corrected chi connectivity index (χ2v) is 7.26. The van der Waals surface area contributed by atoms with E-state index < -0.39 is 5.60 Å². The predicted molar refractivity (Wildman–Crippen MR) is 88.3 cm³/mol. The highest BCUT2D eigenvalue weighted by Gasteiger charge is 2.28. The zero-order chi connectivity index (χ0) is 14.9. The van der Waals surface area contributed by atoms with Gasteiger partial charge in [0.25, 0.3) is 0 Å². The van der Waals surface area contributed by atoms with Gasteiger partial charge in [0.2, 0.25) is 0 Å². The van der Waals surface area contributed by atoms with Crippen molar-refractivity contribution in [2.24, 2.45) is 0 Å². The van der Waals surface area contributed by atoms with E-state index in [4.69, 9.17) is 11.6 Å². The molecule has 1 saturated heterocycles. The van der Waals surface area contributed by atoms with E-state index in [9.17, 15) is 5.11 Å². The number of halogens is 1. The number of hydrogen-bond donors (Lipinski definition) is 1. The first-order valence-corrected chi connectivity index (χ1v) is 8.46. The smallest absolute Gasteiger partial charge is 0.183 e. The van der Waals surface area contributed by atoms with Crippen LogP contribution in [0.3, 0.4) is 0 Å². The zero-order valence-corrected chi connectivity index (χ0v) is 13.6. The van der Waals surface area contributed by atoms with Gasteiger partial charge in [0.1, 0.15) is 5.60 Å². The Hall–Kier alpha value is -1.10. The van der Waals surface area contributed by atoms with E-state index in [0.717, 1.165) is 23.5 Å². The fraction of sp³-hybridized carbons (Fsp3) is 0.438. The Morgan fingerprint density at radius 2 is 1.86 bits per heavy atom. The van der Waals surface area contributed by atoms with Gasteiger partial charge < -0.3 is 10.0 Å². The number of thiazole rings is 1. The second-order valence-electron chi connectivity index (χ2n) is 5.64. The molecular weight excluding hydrogens is 304 g/mol. The molecule has 112 valence electrons. The monoisotopic (exact) mass is 322 g/mol. The largest absolute Gasteiger partial charge is 0.380 e. The predicted octanol–water partition coefficient (Wildman–Crippen LogP) is 4.04. The molecule has 0 aliphatic carbocycles. The summed E-state index contributed by atoms with van der Waals surface area (Å²) in [5, 5.41) is 10.8. The third kappa shape index (κ3) is 3.07. The van der Waals surface area contributed by atoms with E-state index in [1.807, 2.05) is 12.1 Å². The number of aliphatic hydroxyl groups is 1. The van der Waals surface area contributed by atoms with Crippen molar-refractivity contribution in [3.05, 3.63) is 45.4 Å². The highest BCUT2D eigenvalue weighted by molar-refractivity contribution is 7.15. The Kier molecular flexibility index (Phi) is 4.20. The first kappa shape index (κ1) is 14.8. The summed E-state index contributed by atoms with van der Waals surface area (Å²) in [6.45, 7) is 4.03. The summed E-state index contributed by atoms with van der Waals surface area (Å²) in [5.41, 5.74) is 1.05. The van der Waals surface area contributed by atoms with Crippen molar-refractivity contribution in [1.29, 1.82) is 0 Å². The fourth-order valence-corrected chi connectivity index (χ4v) is 3.78. The first-order valence-electron chi connectivity index (χ1n) is 7.27. The van der Waals surface area contributed by atoms with Gasteiger partial charge in [-0.3, -0.25) is 0 Å². The van der Waals surface area contributed by atoms with Gasteiger partial charge in [-0.25, -0.2) is 4.98 Å². The lowest BCUT2D eigenvalue weighted by Gasteiger charge is -2.29. The molecule has 1 aliphatic heterocycles. The van der Waals surface area contributed by atoms with Crippen LogP contribution in [0.5, 0.6) is 0 Å². The van der Waals surface area contributed by atoms with E-state index in [1.165, 1.54) is 36.3 Å². The summed E-state index contributed by atoms with van der Waals surface area (Å²) in [5.74, 6) is 0. The van der Waals surface area contributed by atoms with Crippen molar-refractivity contribution in [3.8, 4) is 0 Å². The van der Waals surface area contributed by atoms with Gasteiger partial charge in [-0.05, 0) is 43.9 Å². The van der Waals surface area contributed by atoms with Gasteiger partial charge in [-0.1, -0.05) is 23.7 Å². The van der Waals surface area contributed by atoms with Gasteiger partial charge in [0.15, 0.2) is 4.47 Å². The highest BCUT2D eigenvalue weighted by Crippen LogP contribution is 2.35. The number of anilines is 1. The molecule has 0 saturated carbocycles. The van der Waals surface area contributed by atoms with Crippen molar-refractivity contribution >= 4 is 28.6 Å². The van der Waals surface area contributed by atoms with Crippen LogP contribution in [0.4, 0.5) is 5.69 Å². The third-order valence-corrected chi connectivity index (χ3v) is 5.43. The van der Waals surface area contributed by atoms with Crippen molar-refractivity contribution in [2.45, 2.75) is 31.8 Å². The van der Waals surface area contributed by atoms with Crippen LogP contribution >= 0.6 is 22.9 Å². The number of benzene rings is 1. The molecule has 2 aromatic rings. The van der Waals surface area contributed by atoms with Crippen LogP contribution in [0.15, 0.2) is 30.5 Å². The second kappa shape index (κ2) is 5.95. The Labute approximate surface area is 134 Å². The molecule has 2 heterocycles. The Bertz CT molecular complexity index is 603. The third-order valence-electron chi connectivity index (χ3n) is 4.11. The minimum Gasteiger partial charge on any atom is -0.380 e. The molecule has 3 rings (SSSR count). The van der Waals surface area contributed by atoms with E-state index in [1.54, 1.807) is 13.1 Å². The molecule has 1 aromatic heterocycles. The molecule has 0 radical (unpaired) electrons. The summed E-state index contributed by atoms with van der Waals surface area (Å²) >= 11 is 7.19. The van der Waals surface area contributed by atoms with Gasteiger partial charge in [-0.15, -0.1) is 11.3 Å². The minimum atomic E-state index is -1.05. The Morgan fingerprint density at radius 3 is 2.43 bits per heavy atom. The molecule has 21 heavy (non-hydrogen) atoms. The molecule has 1 aromatic carbocycles. The van der Waals surface area contributed by atoms with E-state index >= 15 is 0 Å². The maximum absolute atomic E-state index is 10.8. The topological polar surface area (TPSA) is 36.4 Å². The van der Waals surface area contributed by atoms with Crippen LogP contribution in [-0.2, 0) is 5.60 Å². The summed E-state index contributed by atoms with van der Waals surface area (Å²) in [6, 6.07) is 8.19. The average molecular weight is 323 g/mol. The van der Waals surface area contributed by atoms with Crippen molar-refractivity contribution in [2.75, 3.05) is 18.0 Å². The molecule has 1 atom stereocenters. The first-order chi connectivity index (χ1) is 10.1. The molecule has 1 unspecified atom stereocenters. The van der Waals surface area contributed by atoms with Crippen LogP contribution in [0.25, 0.3) is 0 Å². The number of piperidine rings is 1. The maximum atomic E-state index is 10.8. The van der Waals surface area contributed by atoms with Gasteiger partial charge >= 0.3 is 0 Å². The normalized spacial score (nSPS) is 18.5. The molecule has 1 aliphatic rings. The van der Waals surface area contributed by atoms with E-state index in [0.29, 0.717) is 4.47 Å². The average Bonchev–Trinajstić information content (AvgIpc) is 2.96. The summed E-state index contributed by atoms with van der Waals surface area (Å²) in [4.78, 5) is 7.19. The van der Waals surface area contributed by atoms with Crippen molar-refractivity contribution in [1.82, 2.24) is 4.98 Å². The molecule has 0 spiro atoms. The van der Waals surface area contributed by atoms with Gasteiger partial charge in [0.05, 0.1) is 4.88 Å². The maximum Gasteiger partial charge on any atom is 0.183 e. The molecule has 0 bridgehead atoms. The fourth-order valence-electron chi connectivity index (χ4n) is 2.77. The van der Waals surface area contributed by atoms with Crippen LogP contribution in [0.1, 0.15) is 36.6 Å². The molecule has 5 heteroatoms. The summed E-state index contributed by atoms with van der Waals surface area (Å²) in [6.07, 6.45) is 5.50. The quantitative estimate of drug-likeness (QED) is 0.926. The molecule has 1 fully saturated rings. The minimum absolute atomic E-state index is 0.454. The Balaban J connectivity index is 1.82. The SMILES string of the molecule is CC(O)(c1ccc(N2CCCCC2)cc1)c1cnc(Cl)s1. The lowest BCUT2D eigenvalue weighted by atomic mass is 9.94. The zero-order valence-electron chi connectivity index (χ0n) is 12.1. The molecule has 0 amide bonds. The van der Waals surface area contributed by atoms with Crippen LogP contribution < -0.4 is 4.90 Å². The van der Waals surface area contributed by atoms with Crippen molar-refractivity contribution in [3.63, 3.8) is 0 Å². The lowest BCUT2D eigenvalue weighted by molar-refractivity contribution is 0.106. The van der Waals surface area contributed by atoms with Gasteiger partial charge in [0, 0.05) is 25.0 Å². The number of rotatable bonds is 3. The molecule has 3 nitrogen and oxygen atoms in total. The van der Waals surface area contributed by atoms with Gasteiger partial charge in [-0.2, -0.15) is 0 Å². The van der Waals surface area contributed by atoms with Crippen LogP contribution in [0, 0.1) is 0 Å². The number of nitrogens with zero attached hydrogens (tertiary/aromatic N) is 2. The van der Waals surface area contributed by atoms with E-state index in [-0.39, 0.29) is 0 Å². The standard InChI is InChI=1S/C16H19ClN2OS/c1-16(20,14-11-18-15(17)21-14)12-5-7-13(8-6-12)19-9-3-2-4-10-19/h5-8,11,20H,2-4,9-10H2,1H3.